The molecule has 2 heterocycles. The number of para-hydroxylation sites is 1. The molecule has 5 heteroatoms. The Hall–Kier alpha value is -1.78. The maximum Gasteiger partial charge on any atom is 0.410 e. The first kappa shape index (κ1) is 15.1. The minimum atomic E-state index is -0.475. The fraction of sp³-hybridized carbons (Fsp3) is 0.588. The first-order chi connectivity index (χ1) is 10.3. The van der Waals surface area contributed by atoms with Crippen molar-refractivity contribution in [3.05, 3.63) is 29.6 Å². The Labute approximate surface area is 130 Å². The average molecular weight is 306 g/mol. The van der Waals surface area contributed by atoms with Gasteiger partial charge in [0.1, 0.15) is 11.4 Å². The van der Waals surface area contributed by atoms with Crippen LogP contribution in [0.1, 0.15) is 39.2 Å². The van der Waals surface area contributed by atoms with Gasteiger partial charge in [-0.15, -0.1) is 0 Å². The van der Waals surface area contributed by atoms with Crippen molar-refractivity contribution in [2.24, 2.45) is 0 Å². The van der Waals surface area contributed by atoms with Gasteiger partial charge in [-0.2, -0.15) is 0 Å². The van der Waals surface area contributed by atoms with Gasteiger partial charge < -0.3 is 15.0 Å². The van der Waals surface area contributed by atoms with Crippen molar-refractivity contribution in [3.63, 3.8) is 0 Å². The van der Waals surface area contributed by atoms with Crippen LogP contribution in [-0.2, 0) is 10.2 Å². The normalized spacial score (nSPS) is 19.7. The van der Waals surface area contributed by atoms with Crippen molar-refractivity contribution < 1.29 is 13.9 Å². The quantitative estimate of drug-likeness (QED) is 0.797. The second-order valence-corrected chi connectivity index (χ2v) is 7.26. The lowest BCUT2D eigenvalue weighted by atomic mass is 9.74. The minimum Gasteiger partial charge on any atom is -0.444 e. The highest BCUT2D eigenvalue weighted by Gasteiger charge is 2.43. The molecule has 2 aliphatic rings. The van der Waals surface area contributed by atoms with Crippen LogP contribution < -0.4 is 5.32 Å². The second-order valence-electron chi connectivity index (χ2n) is 7.26. The highest BCUT2D eigenvalue weighted by atomic mass is 19.1. The summed E-state index contributed by atoms with van der Waals surface area (Å²) in [4.78, 5) is 13.9. The average Bonchev–Trinajstić information content (AvgIpc) is 2.78. The lowest BCUT2D eigenvalue weighted by Crippen LogP contribution is -2.47. The second kappa shape index (κ2) is 5.14. The standard InChI is InChI=1S/C17H23FN2O2/c1-16(2,3)22-15(21)20-9-7-17(8-10-20)11-19-14-12(17)5-4-6-13(14)18/h4-6,19H,7-11H2,1-3H3. The van der Waals surface area contributed by atoms with Gasteiger partial charge in [-0.3, -0.25) is 0 Å². The Balaban J connectivity index is 1.71. The molecule has 0 unspecified atom stereocenters. The van der Waals surface area contributed by atoms with E-state index in [0.29, 0.717) is 18.8 Å². The van der Waals surface area contributed by atoms with E-state index in [4.69, 9.17) is 4.74 Å². The molecule has 22 heavy (non-hydrogen) atoms. The fourth-order valence-corrected chi connectivity index (χ4v) is 3.39. The number of piperidine rings is 1. The van der Waals surface area contributed by atoms with Crippen LogP contribution in [0.15, 0.2) is 18.2 Å². The van der Waals surface area contributed by atoms with E-state index >= 15 is 0 Å². The predicted molar refractivity (Wildman–Crippen MR) is 83.6 cm³/mol. The van der Waals surface area contributed by atoms with E-state index in [1.807, 2.05) is 26.8 Å². The van der Waals surface area contributed by atoms with Gasteiger partial charge in [0.25, 0.3) is 0 Å². The van der Waals surface area contributed by atoms with Crippen LogP contribution >= 0.6 is 0 Å². The number of rotatable bonds is 0. The fourth-order valence-electron chi connectivity index (χ4n) is 3.39. The SMILES string of the molecule is CC(C)(C)OC(=O)N1CCC2(CC1)CNc1c(F)cccc12. The number of halogens is 1. The summed E-state index contributed by atoms with van der Waals surface area (Å²) in [6.07, 6.45) is 1.40. The lowest BCUT2D eigenvalue weighted by molar-refractivity contribution is 0.0172. The Kier molecular flexibility index (Phi) is 3.54. The molecule has 0 bridgehead atoms. The van der Waals surface area contributed by atoms with E-state index in [1.165, 1.54) is 6.07 Å². The maximum atomic E-state index is 13.9. The number of nitrogens with one attached hydrogen (secondary N) is 1. The summed E-state index contributed by atoms with van der Waals surface area (Å²) in [5.74, 6) is -0.191. The van der Waals surface area contributed by atoms with E-state index in [9.17, 15) is 9.18 Å². The van der Waals surface area contributed by atoms with Crippen LogP contribution in [0.3, 0.4) is 0 Å². The molecule has 1 fully saturated rings. The highest BCUT2D eigenvalue weighted by molar-refractivity contribution is 5.69. The number of hydrogen-bond donors (Lipinski definition) is 1. The molecular weight excluding hydrogens is 283 g/mol. The third-order valence-corrected chi connectivity index (χ3v) is 4.56. The van der Waals surface area contributed by atoms with Crippen LogP contribution in [0.25, 0.3) is 0 Å². The topological polar surface area (TPSA) is 41.6 Å². The molecular formula is C17H23FN2O2. The molecule has 3 rings (SSSR count). The van der Waals surface area contributed by atoms with E-state index in [-0.39, 0.29) is 17.3 Å². The van der Waals surface area contributed by atoms with E-state index in [1.54, 1.807) is 11.0 Å². The Morgan fingerprint density at radius 1 is 1.32 bits per heavy atom. The smallest absolute Gasteiger partial charge is 0.410 e. The number of nitrogens with zero attached hydrogens (tertiary/aromatic N) is 1. The van der Waals surface area contributed by atoms with Gasteiger partial charge in [0.15, 0.2) is 0 Å². The first-order valence-corrected chi connectivity index (χ1v) is 7.82. The van der Waals surface area contributed by atoms with Gasteiger partial charge >= 0.3 is 6.09 Å². The van der Waals surface area contributed by atoms with Crippen LogP contribution in [0.4, 0.5) is 14.9 Å². The van der Waals surface area contributed by atoms with Gasteiger partial charge in [0.2, 0.25) is 0 Å². The van der Waals surface area contributed by atoms with E-state index in [2.05, 4.69) is 5.32 Å². The Bertz CT molecular complexity index is 587. The van der Waals surface area contributed by atoms with Gasteiger partial charge in [0.05, 0.1) is 5.69 Å². The summed E-state index contributed by atoms with van der Waals surface area (Å²) in [5.41, 5.74) is 1.15. The number of ether oxygens (including phenoxy) is 1. The zero-order valence-electron chi connectivity index (χ0n) is 13.4. The van der Waals surface area contributed by atoms with Gasteiger partial charge in [-0.1, -0.05) is 12.1 Å². The summed E-state index contributed by atoms with van der Waals surface area (Å²) in [6, 6.07) is 5.26. The monoisotopic (exact) mass is 306 g/mol. The zero-order chi connectivity index (χ0) is 16.0. The number of fused-ring (bicyclic) bond motifs is 2. The van der Waals surface area contributed by atoms with Crippen LogP contribution in [0.2, 0.25) is 0 Å². The maximum absolute atomic E-state index is 13.9. The molecule has 2 aliphatic heterocycles. The number of carbonyl (C=O) groups excluding carboxylic acids is 1. The van der Waals surface area contributed by atoms with Crippen LogP contribution in [-0.4, -0.2) is 36.2 Å². The van der Waals surface area contributed by atoms with Gasteiger partial charge in [0, 0.05) is 25.0 Å². The summed E-state index contributed by atoms with van der Waals surface area (Å²) in [7, 11) is 0. The van der Waals surface area contributed by atoms with Crippen molar-refractivity contribution in [2.45, 2.75) is 44.6 Å². The molecule has 4 nitrogen and oxygen atoms in total. The van der Waals surface area contributed by atoms with E-state index in [0.717, 1.165) is 24.9 Å². The molecule has 1 aromatic carbocycles. The zero-order valence-corrected chi connectivity index (χ0v) is 13.4. The van der Waals surface area contributed by atoms with Crippen LogP contribution in [0.5, 0.6) is 0 Å². The van der Waals surface area contributed by atoms with Crippen molar-refractivity contribution in [1.29, 1.82) is 0 Å². The Morgan fingerprint density at radius 2 is 2.00 bits per heavy atom. The molecule has 1 spiro atoms. The molecule has 120 valence electrons. The summed E-state index contributed by atoms with van der Waals surface area (Å²) < 4.78 is 19.3. The number of benzene rings is 1. The molecule has 1 aromatic rings. The van der Waals surface area contributed by atoms with Crippen molar-refractivity contribution in [1.82, 2.24) is 4.90 Å². The number of carbonyl (C=O) groups is 1. The molecule has 0 radical (unpaired) electrons. The third-order valence-electron chi connectivity index (χ3n) is 4.56. The molecule has 0 aromatic heterocycles. The highest BCUT2D eigenvalue weighted by Crippen LogP contribution is 2.44. The molecule has 1 N–H and O–H groups in total. The first-order valence-electron chi connectivity index (χ1n) is 7.82. The number of amides is 1. The largest absolute Gasteiger partial charge is 0.444 e. The third kappa shape index (κ3) is 2.64. The van der Waals surface area contributed by atoms with Crippen LogP contribution in [0, 0.1) is 5.82 Å². The minimum absolute atomic E-state index is 0.0596. The van der Waals surface area contributed by atoms with Crippen molar-refractivity contribution in [2.75, 3.05) is 25.0 Å². The van der Waals surface area contributed by atoms with Gasteiger partial charge in [-0.25, -0.2) is 9.18 Å². The van der Waals surface area contributed by atoms with E-state index < -0.39 is 5.60 Å². The summed E-state index contributed by atoms with van der Waals surface area (Å²) in [5, 5.41) is 3.20. The number of likely N-dealkylation sites (tertiary alicyclic amines) is 1. The predicted octanol–water partition coefficient (Wildman–Crippen LogP) is 3.52. The molecule has 1 saturated heterocycles. The lowest BCUT2D eigenvalue weighted by Gasteiger charge is -2.39. The molecule has 1 amide bonds. The molecule has 0 saturated carbocycles. The number of hydrogen-bond acceptors (Lipinski definition) is 3. The number of anilines is 1. The van der Waals surface area contributed by atoms with Crippen molar-refractivity contribution in [3.8, 4) is 0 Å². The summed E-state index contributed by atoms with van der Waals surface area (Å²) in [6.45, 7) is 7.65. The molecule has 0 atom stereocenters. The summed E-state index contributed by atoms with van der Waals surface area (Å²) >= 11 is 0. The van der Waals surface area contributed by atoms with Crippen molar-refractivity contribution >= 4 is 11.8 Å². The van der Waals surface area contributed by atoms with Gasteiger partial charge in [-0.05, 0) is 45.2 Å². The molecule has 0 aliphatic carbocycles. The Morgan fingerprint density at radius 3 is 2.64 bits per heavy atom.